The minimum Gasteiger partial charge on any atom is -0.341 e. The van der Waals surface area contributed by atoms with Gasteiger partial charge in [-0.1, -0.05) is 59.3 Å². The molecular formula is C20H41N3. The second kappa shape index (κ2) is 10.9. The fraction of sp³-hybridized carbons (Fsp3) is 0.950. The molecule has 0 aromatic carbocycles. The second-order valence-corrected chi connectivity index (χ2v) is 7.67. The molecule has 1 aliphatic rings. The Kier molecular flexibility index (Phi) is 9.66. The molecule has 1 fully saturated rings. The van der Waals surface area contributed by atoms with E-state index in [0.29, 0.717) is 0 Å². The fourth-order valence-corrected chi connectivity index (χ4v) is 3.02. The Bertz CT molecular complexity index is 314. The molecule has 1 rings (SSSR count). The highest BCUT2D eigenvalue weighted by Crippen LogP contribution is 2.20. The van der Waals surface area contributed by atoms with Crippen LogP contribution in [0.2, 0.25) is 0 Å². The first-order chi connectivity index (χ1) is 11.0. The van der Waals surface area contributed by atoms with Gasteiger partial charge in [-0.25, -0.2) is 4.99 Å². The molecule has 0 atom stereocenters. The molecule has 1 aliphatic heterocycles. The van der Waals surface area contributed by atoms with E-state index in [1.807, 2.05) is 0 Å². The Morgan fingerprint density at radius 1 is 0.783 bits per heavy atom. The molecule has 23 heavy (non-hydrogen) atoms. The molecule has 0 saturated carbocycles. The molecular weight excluding hydrogens is 282 g/mol. The molecule has 0 N–H and O–H groups in total. The minimum atomic E-state index is 0.0585. The van der Waals surface area contributed by atoms with E-state index in [9.17, 15) is 0 Å². The van der Waals surface area contributed by atoms with Crippen molar-refractivity contribution in [3.05, 3.63) is 0 Å². The van der Waals surface area contributed by atoms with E-state index >= 15 is 0 Å². The summed E-state index contributed by atoms with van der Waals surface area (Å²) in [5.74, 6) is 1.28. The Morgan fingerprint density at radius 3 is 1.65 bits per heavy atom. The van der Waals surface area contributed by atoms with Gasteiger partial charge in [-0.15, -0.1) is 0 Å². The van der Waals surface area contributed by atoms with Crippen molar-refractivity contribution in [2.75, 3.05) is 26.2 Å². The van der Waals surface area contributed by atoms with Gasteiger partial charge >= 0.3 is 0 Å². The molecule has 1 saturated heterocycles. The molecule has 0 bridgehead atoms. The van der Waals surface area contributed by atoms with Crippen molar-refractivity contribution < 1.29 is 0 Å². The lowest BCUT2D eigenvalue weighted by atomic mass is 10.0. The normalized spacial score (nSPS) is 15.6. The standard InChI is InChI=1S/C20H41N3/c1-6-9-11-13-15-22-17-18-23(16-14-12-10-7-2)19(22)21-20(4,5)8-3/h6-18H2,1-5H3. The first-order valence-electron chi connectivity index (χ1n) is 10.1. The first-order valence-corrected chi connectivity index (χ1v) is 10.1. The van der Waals surface area contributed by atoms with E-state index in [2.05, 4.69) is 44.4 Å². The molecule has 0 unspecified atom stereocenters. The van der Waals surface area contributed by atoms with E-state index in [1.54, 1.807) is 0 Å². The highest BCUT2D eigenvalue weighted by atomic mass is 15.4. The van der Waals surface area contributed by atoms with E-state index in [0.717, 1.165) is 6.42 Å². The number of rotatable bonds is 12. The minimum absolute atomic E-state index is 0.0585. The third-order valence-corrected chi connectivity index (χ3v) is 5.04. The van der Waals surface area contributed by atoms with Gasteiger partial charge in [-0.3, -0.25) is 0 Å². The molecule has 0 spiro atoms. The maximum absolute atomic E-state index is 5.16. The van der Waals surface area contributed by atoms with E-state index < -0.39 is 0 Å². The van der Waals surface area contributed by atoms with Gasteiger partial charge in [0.25, 0.3) is 0 Å². The highest BCUT2D eigenvalue weighted by Gasteiger charge is 2.28. The smallest absolute Gasteiger partial charge is 0.197 e. The molecule has 0 aromatic heterocycles. The van der Waals surface area contributed by atoms with Crippen molar-refractivity contribution in [3.8, 4) is 0 Å². The molecule has 0 aliphatic carbocycles. The van der Waals surface area contributed by atoms with Crippen molar-refractivity contribution >= 4 is 5.96 Å². The zero-order valence-corrected chi connectivity index (χ0v) is 16.5. The number of unbranched alkanes of at least 4 members (excludes halogenated alkanes) is 6. The van der Waals surface area contributed by atoms with Gasteiger partial charge in [0.1, 0.15) is 0 Å². The lowest BCUT2D eigenvalue weighted by Gasteiger charge is -2.28. The summed E-state index contributed by atoms with van der Waals surface area (Å²) >= 11 is 0. The number of nitrogens with zero attached hydrogens (tertiary/aromatic N) is 3. The Balaban J connectivity index is 2.63. The summed E-state index contributed by atoms with van der Waals surface area (Å²) in [5.41, 5.74) is 0.0585. The topological polar surface area (TPSA) is 18.8 Å². The maximum Gasteiger partial charge on any atom is 0.197 e. The summed E-state index contributed by atoms with van der Waals surface area (Å²) in [6, 6.07) is 0. The van der Waals surface area contributed by atoms with Gasteiger partial charge in [-0.05, 0) is 33.1 Å². The van der Waals surface area contributed by atoms with Gasteiger partial charge in [0, 0.05) is 26.2 Å². The van der Waals surface area contributed by atoms with Gasteiger partial charge in [0.05, 0.1) is 5.54 Å². The van der Waals surface area contributed by atoms with Gasteiger partial charge < -0.3 is 9.80 Å². The second-order valence-electron chi connectivity index (χ2n) is 7.67. The largest absolute Gasteiger partial charge is 0.341 e. The SMILES string of the molecule is CCCCCCN1CCN(CCCCCC)C1=NC(C)(C)CC. The van der Waals surface area contributed by atoms with Crippen LogP contribution in [0.4, 0.5) is 0 Å². The third-order valence-electron chi connectivity index (χ3n) is 5.04. The molecule has 3 nitrogen and oxygen atoms in total. The van der Waals surface area contributed by atoms with Crippen molar-refractivity contribution in [3.63, 3.8) is 0 Å². The van der Waals surface area contributed by atoms with Crippen LogP contribution in [0.25, 0.3) is 0 Å². The maximum atomic E-state index is 5.16. The lowest BCUT2D eigenvalue weighted by molar-refractivity contribution is 0.409. The van der Waals surface area contributed by atoms with E-state index in [4.69, 9.17) is 4.99 Å². The van der Waals surface area contributed by atoms with Gasteiger partial charge in [0.2, 0.25) is 0 Å². The molecule has 136 valence electrons. The van der Waals surface area contributed by atoms with Crippen molar-refractivity contribution in [2.24, 2.45) is 4.99 Å². The summed E-state index contributed by atoms with van der Waals surface area (Å²) in [7, 11) is 0. The monoisotopic (exact) mass is 323 g/mol. The van der Waals surface area contributed by atoms with Crippen molar-refractivity contribution in [1.29, 1.82) is 0 Å². The quantitative estimate of drug-likeness (QED) is 0.453. The van der Waals surface area contributed by atoms with Crippen LogP contribution in [-0.4, -0.2) is 47.5 Å². The molecule has 0 radical (unpaired) electrons. The average Bonchev–Trinajstić information content (AvgIpc) is 2.90. The molecule has 0 aromatic rings. The number of guanidine groups is 1. The zero-order chi connectivity index (χ0) is 17.1. The van der Waals surface area contributed by atoms with Crippen LogP contribution in [0.3, 0.4) is 0 Å². The van der Waals surface area contributed by atoms with Gasteiger partial charge in [-0.2, -0.15) is 0 Å². The Labute approximate surface area is 145 Å². The predicted octanol–water partition coefficient (Wildman–Crippen LogP) is 5.31. The van der Waals surface area contributed by atoms with Crippen molar-refractivity contribution in [1.82, 2.24) is 9.80 Å². The lowest BCUT2D eigenvalue weighted by Crippen LogP contribution is -2.37. The summed E-state index contributed by atoms with van der Waals surface area (Å²) < 4.78 is 0. The van der Waals surface area contributed by atoms with Gasteiger partial charge in [0.15, 0.2) is 5.96 Å². The third kappa shape index (κ3) is 7.58. The Hall–Kier alpha value is -0.730. The van der Waals surface area contributed by atoms with E-state index in [-0.39, 0.29) is 5.54 Å². The number of aliphatic imine (C=N–C) groups is 1. The summed E-state index contributed by atoms with van der Waals surface area (Å²) in [6.45, 7) is 16.0. The van der Waals surface area contributed by atoms with Crippen LogP contribution in [0, 0.1) is 0 Å². The first kappa shape index (κ1) is 20.3. The highest BCUT2D eigenvalue weighted by molar-refractivity contribution is 5.82. The number of hydrogen-bond donors (Lipinski definition) is 0. The summed E-state index contributed by atoms with van der Waals surface area (Å²) in [6.07, 6.45) is 11.8. The average molecular weight is 324 g/mol. The van der Waals surface area contributed by atoms with Crippen LogP contribution < -0.4 is 0 Å². The molecule has 1 heterocycles. The molecule has 0 amide bonds. The van der Waals surface area contributed by atoms with Crippen LogP contribution in [0.1, 0.15) is 92.4 Å². The number of hydrogen-bond acceptors (Lipinski definition) is 1. The zero-order valence-electron chi connectivity index (χ0n) is 16.5. The predicted molar refractivity (Wildman–Crippen MR) is 103 cm³/mol. The van der Waals surface area contributed by atoms with E-state index in [1.165, 1.54) is 83.5 Å². The molecule has 3 heteroatoms. The fourth-order valence-electron chi connectivity index (χ4n) is 3.02. The van der Waals surface area contributed by atoms with Crippen LogP contribution >= 0.6 is 0 Å². The van der Waals surface area contributed by atoms with Crippen LogP contribution in [-0.2, 0) is 0 Å². The Morgan fingerprint density at radius 2 is 1.26 bits per heavy atom. The van der Waals surface area contributed by atoms with Crippen LogP contribution in [0.15, 0.2) is 4.99 Å². The van der Waals surface area contributed by atoms with Crippen LogP contribution in [0.5, 0.6) is 0 Å². The summed E-state index contributed by atoms with van der Waals surface area (Å²) in [5, 5.41) is 0. The summed E-state index contributed by atoms with van der Waals surface area (Å²) in [4.78, 5) is 10.3. The van der Waals surface area contributed by atoms with Crippen molar-refractivity contribution in [2.45, 2.75) is 97.9 Å².